The zero-order valence-electron chi connectivity index (χ0n) is 41.5. The number of para-hydroxylation sites is 1. The third-order valence-corrected chi connectivity index (χ3v) is 8.91. The molecule has 1 nitrogen and oxygen atoms in total. The molecule has 0 aliphatic carbocycles. The van der Waals surface area contributed by atoms with Crippen molar-refractivity contribution in [3.63, 3.8) is 0 Å². The maximum atomic E-state index is 9.89. The van der Waals surface area contributed by atoms with Crippen LogP contribution in [-0.4, -0.2) is 0 Å². The highest BCUT2D eigenvalue weighted by molar-refractivity contribution is 6.21. The van der Waals surface area contributed by atoms with Crippen LogP contribution in [0.4, 0.5) is 0 Å². The zero-order chi connectivity index (χ0) is 46.2. The van der Waals surface area contributed by atoms with Gasteiger partial charge in [0, 0.05) is 16.3 Å². The second-order valence-corrected chi connectivity index (χ2v) is 11.6. The van der Waals surface area contributed by atoms with Gasteiger partial charge in [-0.25, -0.2) is 0 Å². The lowest BCUT2D eigenvalue weighted by atomic mass is 9.85. The Bertz CT molecular complexity index is 3690. The molecule has 228 valence electrons. The molecule has 0 fully saturated rings. The number of furan rings is 1. The Morgan fingerprint density at radius 2 is 1.02 bits per heavy atom. The summed E-state index contributed by atoms with van der Waals surface area (Å²) in [6, 6.07) is 15.0. The monoisotopic (exact) mass is 638 g/mol. The smallest absolute Gasteiger partial charge is 0.143 e. The van der Waals surface area contributed by atoms with Crippen LogP contribution in [0.3, 0.4) is 0 Å². The summed E-state index contributed by atoms with van der Waals surface area (Å²) in [4.78, 5) is 0. The molecule has 0 aliphatic rings. The van der Waals surface area contributed by atoms with Crippen LogP contribution in [0, 0.1) is 0 Å². The lowest BCUT2D eigenvalue weighted by Crippen LogP contribution is -1.91. The molecule has 0 saturated carbocycles. The van der Waals surface area contributed by atoms with E-state index >= 15 is 0 Å². The first-order valence-electron chi connectivity index (χ1n) is 23.5. The summed E-state index contributed by atoms with van der Waals surface area (Å²) < 4.78 is 150. The summed E-state index contributed by atoms with van der Waals surface area (Å²) in [7, 11) is 0. The second kappa shape index (κ2) is 11.1. The summed E-state index contributed by atoms with van der Waals surface area (Å²) in [5.74, 6) is 0. The number of hydrogen-bond acceptors (Lipinski definition) is 1. The third kappa shape index (κ3) is 4.47. The van der Waals surface area contributed by atoms with Gasteiger partial charge in [-0.1, -0.05) is 157 Å². The Hall–Kier alpha value is -6.44. The van der Waals surface area contributed by atoms with Crippen molar-refractivity contribution in [2.45, 2.75) is 0 Å². The van der Waals surface area contributed by atoms with Gasteiger partial charge in [0.1, 0.15) is 11.2 Å². The Balaban J connectivity index is 1.33. The first-order valence-corrected chi connectivity index (χ1v) is 15.5. The highest BCUT2D eigenvalue weighted by Gasteiger charge is 2.18. The highest BCUT2D eigenvalue weighted by Crippen LogP contribution is 2.45. The lowest BCUT2D eigenvalue weighted by molar-refractivity contribution is 0.670. The van der Waals surface area contributed by atoms with Gasteiger partial charge in [-0.15, -0.1) is 0 Å². The summed E-state index contributed by atoms with van der Waals surface area (Å²) in [5, 5.41) is 1.79. The normalized spacial score (nSPS) is 16.2. The molecule has 0 saturated heterocycles. The predicted molar refractivity (Wildman–Crippen MR) is 208 cm³/mol. The molecule has 1 heteroatoms. The van der Waals surface area contributed by atoms with Crippen LogP contribution in [0.5, 0.6) is 0 Å². The van der Waals surface area contributed by atoms with Crippen LogP contribution < -0.4 is 0 Å². The lowest BCUT2D eigenvalue weighted by Gasteiger charge is -2.18. The summed E-state index contributed by atoms with van der Waals surface area (Å²) >= 11 is 0. The maximum Gasteiger partial charge on any atom is 0.143 e. The number of benzene rings is 9. The van der Waals surface area contributed by atoms with Crippen LogP contribution in [0.15, 0.2) is 186 Å². The van der Waals surface area contributed by atoms with Gasteiger partial charge in [-0.2, -0.15) is 0 Å². The zero-order valence-corrected chi connectivity index (χ0v) is 25.5. The Kier molecular flexibility index (Phi) is 3.64. The van der Waals surface area contributed by atoms with Gasteiger partial charge >= 0.3 is 0 Å². The van der Waals surface area contributed by atoms with Crippen molar-refractivity contribution < 1.29 is 26.3 Å². The Morgan fingerprint density at radius 3 is 1.78 bits per heavy atom. The number of rotatable bonds is 4. The van der Waals surface area contributed by atoms with E-state index in [1.165, 1.54) is 0 Å². The molecule has 0 aliphatic heterocycles. The van der Waals surface area contributed by atoms with E-state index < -0.39 is 123 Å². The molecule has 1 aromatic heterocycles. The van der Waals surface area contributed by atoms with E-state index in [-0.39, 0.29) is 28.3 Å². The largest absolute Gasteiger partial charge is 0.455 e. The summed E-state index contributed by atoms with van der Waals surface area (Å²) in [6.45, 7) is 0. The molecule has 0 atom stereocenters. The van der Waals surface area contributed by atoms with Crippen LogP contribution in [0.2, 0.25) is 0 Å². The SMILES string of the molecule is [2H]c1cc([2H])c(-c2c3c([2H])c([2H])c([2H])c([2H])c3c(-c3c([2H])c([2H])c([2H])c([2H])c3[2H])c3c([2H])c([2H])c([2H])c([2H])c23)c([2H])c1-c1cccc2c1oc1ccc(-c3ccc4ccccc4c3)cc12. The van der Waals surface area contributed by atoms with E-state index in [1.54, 1.807) is 12.1 Å². The van der Waals surface area contributed by atoms with Gasteiger partial charge in [0.05, 0.1) is 21.9 Å². The fourth-order valence-electron chi connectivity index (χ4n) is 6.70. The third-order valence-electron chi connectivity index (χ3n) is 8.91. The molecular weight excluding hydrogens is 593 g/mol. The standard InChI is InChI=1S/C48H30O/c1-2-13-32(14-3-1)46-39-18-6-8-20-41(39)47(42-21-9-7-19-40(42)46)37-17-10-16-36(29-37)38-22-11-23-43-44-30-35(26-27-45(44)49-48(38)43)34-25-24-31-12-4-5-15-33(31)28-34/h1-30H/i1D,2D,3D,6D,7D,8D,9D,13D,14D,16D,17D,18D,19D,20D,21D,29D. The van der Waals surface area contributed by atoms with E-state index in [4.69, 9.17) is 16.8 Å². The van der Waals surface area contributed by atoms with Crippen LogP contribution in [0.25, 0.3) is 98.8 Å². The fourth-order valence-corrected chi connectivity index (χ4v) is 6.70. The Morgan fingerprint density at radius 1 is 0.388 bits per heavy atom. The minimum Gasteiger partial charge on any atom is -0.455 e. The van der Waals surface area contributed by atoms with Gasteiger partial charge < -0.3 is 4.42 Å². The van der Waals surface area contributed by atoms with Gasteiger partial charge in [-0.05, 0) is 95.5 Å². The highest BCUT2D eigenvalue weighted by atomic mass is 16.3. The van der Waals surface area contributed by atoms with Crippen molar-refractivity contribution >= 4 is 54.3 Å². The molecule has 49 heavy (non-hydrogen) atoms. The van der Waals surface area contributed by atoms with E-state index in [1.807, 2.05) is 60.7 Å². The van der Waals surface area contributed by atoms with E-state index in [9.17, 15) is 9.60 Å². The maximum absolute atomic E-state index is 9.89. The van der Waals surface area contributed by atoms with Crippen molar-refractivity contribution in [3.05, 3.63) is 182 Å². The number of hydrogen-bond donors (Lipinski definition) is 0. The summed E-state index contributed by atoms with van der Waals surface area (Å²) in [5.41, 5.74) is 1.18. The average molecular weight is 639 g/mol. The predicted octanol–water partition coefficient (Wildman–Crippen LogP) is 13.7. The molecule has 0 N–H and O–H groups in total. The van der Waals surface area contributed by atoms with E-state index in [0.717, 1.165) is 33.4 Å². The van der Waals surface area contributed by atoms with Crippen LogP contribution >= 0.6 is 0 Å². The minimum atomic E-state index is -0.796. The molecule has 0 bridgehead atoms. The number of fused-ring (bicyclic) bond motifs is 6. The minimum absolute atomic E-state index is 0.0481. The van der Waals surface area contributed by atoms with Crippen molar-refractivity contribution in [2.24, 2.45) is 0 Å². The molecule has 10 rings (SSSR count). The van der Waals surface area contributed by atoms with Gasteiger partial charge in [0.25, 0.3) is 0 Å². The van der Waals surface area contributed by atoms with Crippen molar-refractivity contribution in [1.29, 1.82) is 0 Å². The fraction of sp³-hybridized carbons (Fsp3) is 0. The van der Waals surface area contributed by atoms with E-state index in [0.29, 0.717) is 16.6 Å². The molecule has 0 unspecified atom stereocenters. The van der Waals surface area contributed by atoms with Crippen molar-refractivity contribution in [2.75, 3.05) is 0 Å². The van der Waals surface area contributed by atoms with E-state index in [2.05, 4.69) is 6.07 Å². The quantitative estimate of drug-likeness (QED) is 0.175. The second-order valence-electron chi connectivity index (χ2n) is 11.6. The Labute approximate surface area is 306 Å². The summed E-state index contributed by atoms with van der Waals surface area (Å²) in [6.07, 6.45) is 0. The molecule has 0 amide bonds. The van der Waals surface area contributed by atoms with Gasteiger partial charge in [-0.3, -0.25) is 0 Å². The molecule has 0 radical (unpaired) electrons. The van der Waals surface area contributed by atoms with Crippen molar-refractivity contribution in [3.8, 4) is 44.5 Å². The van der Waals surface area contributed by atoms with Gasteiger partial charge in [0.15, 0.2) is 0 Å². The molecule has 0 spiro atoms. The van der Waals surface area contributed by atoms with Crippen LogP contribution in [-0.2, 0) is 0 Å². The average Bonchev–Trinajstić information content (AvgIpc) is 3.68. The van der Waals surface area contributed by atoms with Gasteiger partial charge in [0.2, 0.25) is 0 Å². The molecule has 9 aromatic carbocycles. The molecule has 1 heterocycles. The topological polar surface area (TPSA) is 13.1 Å². The molecule has 10 aromatic rings. The molecular formula is C48H30O. The first-order chi connectivity index (χ1) is 30.9. The van der Waals surface area contributed by atoms with Crippen LogP contribution in [0.1, 0.15) is 21.9 Å². The van der Waals surface area contributed by atoms with Crippen molar-refractivity contribution in [1.82, 2.24) is 0 Å². The first kappa shape index (κ1) is 16.1.